The van der Waals surface area contributed by atoms with Crippen molar-refractivity contribution in [2.24, 2.45) is 0 Å². The Morgan fingerprint density at radius 2 is 0.852 bits per heavy atom. The third-order valence-electron chi connectivity index (χ3n) is 8.41. The number of benzene rings is 2. The largest absolute Gasteiger partial charge is 0.497 e. The first kappa shape index (κ1) is 46.4. The summed E-state index contributed by atoms with van der Waals surface area (Å²) in [6, 6.07) is 38.8. The van der Waals surface area contributed by atoms with E-state index in [0.29, 0.717) is 0 Å². The van der Waals surface area contributed by atoms with E-state index in [1.54, 1.807) is 58.5 Å². The van der Waals surface area contributed by atoms with Gasteiger partial charge in [-0.2, -0.15) is 0 Å². The SMILES string of the molecule is CCc1ccc(/C=C/c2ccncn2)c(OC)c1.COc1ccc(/C=C/c2ccncn2)c(OC)c1.[Ru].c1ccc(-c2ccccn2)nc1.c1ccc(-c2ccccn2)nc1. The van der Waals surface area contributed by atoms with Crippen LogP contribution in [0.4, 0.5) is 0 Å². The fourth-order valence-corrected chi connectivity index (χ4v) is 5.28. The zero-order chi connectivity index (χ0) is 42.0. The molecule has 8 rings (SSSR count). The number of rotatable bonds is 10. The molecule has 6 aromatic heterocycles. The maximum atomic E-state index is 5.39. The van der Waals surface area contributed by atoms with Crippen LogP contribution in [0.3, 0.4) is 0 Å². The molecule has 0 fully saturated rings. The van der Waals surface area contributed by atoms with Crippen LogP contribution < -0.4 is 14.2 Å². The summed E-state index contributed by atoms with van der Waals surface area (Å²) >= 11 is 0. The van der Waals surface area contributed by atoms with Gasteiger partial charge in [-0.05, 0) is 115 Å². The van der Waals surface area contributed by atoms with Gasteiger partial charge in [-0.3, -0.25) is 19.9 Å². The molecule has 2 aromatic carbocycles. The normalized spacial score (nSPS) is 10.1. The average molecular weight is 896 g/mol. The van der Waals surface area contributed by atoms with Gasteiger partial charge < -0.3 is 14.2 Å². The van der Waals surface area contributed by atoms with Crippen molar-refractivity contribution >= 4 is 24.3 Å². The molecular weight excluding hydrogens is 850 g/mol. The number of nitrogens with zero attached hydrogens (tertiary/aromatic N) is 8. The van der Waals surface area contributed by atoms with Crippen molar-refractivity contribution in [1.29, 1.82) is 0 Å². The van der Waals surface area contributed by atoms with Gasteiger partial charge in [0, 0.05) is 73.9 Å². The number of pyridine rings is 4. The van der Waals surface area contributed by atoms with E-state index < -0.39 is 0 Å². The quantitative estimate of drug-likeness (QED) is 0.122. The van der Waals surface area contributed by atoms with Crippen LogP contribution in [0.1, 0.15) is 35.0 Å². The summed E-state index contributed by atoms with van der Waals surface area (Å²) in [6.45, 7) is 2.13. The second kappa shape index (κ2) is 26.7. The maximum absolute atomic E-state index is 5.39. The fraction of sp³-hybridized carbons (Fsp3) is 0.102. The Balaban J connectivity index is 0.000000181. The van der Waals surface area contributed by atoms with E-state index in [1.165, 1.54) is 18.2 Å². The molecule has 0 amide bonds. The Kier molecular flexibility index (Phi) is 20.3. The van der Waals surface area contributed by atoms with E-state index in [9.17, 15) is 0 Å². The Hall–Kier alpha value is -7.30. The molecule has 0 N–H and O–H groups in total. The van der Waals surface area contributed by atoms with Crippen LogP contribution in [0.15, 0.2) is 171 Å². The van der Waals surface area contributed by atoms with Gasteiger partial charge >= 0.3 is 0 Å². The number of hydrogen-bond acceptors (Lipinski definition) is 11. The van der Waals surface area contributed by atoms with Crippen molar-refractivity contribution in [3.05, 3.63) is 199 Å². The smallest absolute Gasteiger partial charge is 0.129 e. The van der Waals surface area contributed by atoms with Gasteiger partial charge in [0.05, 0.1) is 55.5 Å². The number of aryl methyl sites for hydroxylation is 1. The van der Waals surface area contributed by atoms with Crippen molar-refractivity contribution in [2.75, 3.05) is 21.3 Å². The summed E-state index contributed by atoms with van der Waals surface area (Å²) in [5.41, 5.74) is 8.68. The molecule has 0 saturated heterocycles. The Bertz CT molecular complexity index is 2220. The molecule has 12 heteroatoms. The van der Waals surface area contributed by atoms with Crippen molar-refractivity contribution in [2.45, 2.75) is 13.3 Å². The second-order valence-corrected chi connectivity index (χ2v) is 12.3. The molecule has 0 atom stereocenters. The molecular formula is C49H46N8O3Ru. The van der Waals surface area contributed by atoms with E-state index in [4.69, 9.17) is 14.2 Å². The zero-order valence-corrected chi connectivity index (χ0v) is 36.1. The molecule has 61 heavy (non-hydrogen) atoms. The minimum absolute atomic E-state index is 0. The van der Waals surface area contributed by atoms with Crippen LogP contribution in [-0.2, 0) is 25.9 Å². The number of aromatic nitrogens is 8. The fourth-order valence-electron chi connectivity index (χ4n) is 5.28. The molecule has 0 bridgehead atoms. The Morgan fingerprint density at radius 3 is 1.20 bits per heavy atom. The van der Waals surface area contributed by atoms with Gasteiger partial charge in [-0.15, -0.1) is 0 Å². The van der Waals surface area contributed by atoms with Crippen LogP contribution in [0.25, 0.3) is 47.1 Å². The topological polar surface area (TPSA) is 131 Å². The zero-order valence-electron chi connectivity index (χ0n) is 34.3. The first-order valence-electron chi connectivity index (χ1n) is 19.0. The van der Waals surface area contributed by atoms with E-state index in [-0.39, 0.29) is 19.5 Å². The number of ether oxygens (including phenoxy) is 3. The van der Waals surface area contributed by atoms with Crippen molar-refractivity contribution in [1.82, 2.24) is 39.9 Å². The first-order chi connectivity index (χ1) is 29.6. The third-order valence-corrected chi connectivity index (χ3v) is 8.41. The molecule has 0 aliphatic carbocycles. The summed E-state index contributed by atoms with van der Waals surface area (Å²) in [7, 11) is 4.96. The molecule has 308 valence electrons. The van der Waals surface area contributed by atoms with Gasteiger partial charge in [0.2, 0.25) is 0 Å². The molecule has 11 nitrogen and oxygen atoms in total. The summed E-state index contributed by atoms with van der Waals surface area (Å²) in [5, 5.41) is 0. The molecule has 0 saturated carbocycles. The molecule has 0 radical (unpaired) electrons. The van der Waals surface area contributed by atoms with E-state index in [1.807, 2.05) is 127 Å². The number of hydrogen-bond donors (Lipinski definition) is 0. The van der Waals surface area contributed by atoms with Gasteiger partial charge in [-0.25, -0.2) is 19.9 Å². The molecule has 0 aliphatic heterocycles. The molecule has 8 aromatic rings. The second-order valence-electron chi connectivity index (χ2n) is 12.3. The Labute approximate surface area is 370 Å². The predicted molar refractivity (Wildman–Crippen MR) is 239 cm³/mol. The van der Waals surface area contributed by atoms with Crippen LogP contribution >= 0.6 is 0 Å². The standard InChI is InChI=1S/C15H16N2O.C14H14N2O2.2C10H8N2.Ru/c1-3-12-4-5-13(15(10-12)18-2)6-7-14-8-9-16-11-17-14;1-17-13-6-4-11(14(9-13)18-2)3-5-12-7-8-15-10-16-12;2*1-3-7-11-9(5-1)10-6-2-4-8-12-10;/h4-11H,3H2,1-2H3;3-10H,1-2H3;2*1-8H;/b7-6+;5-3+;;;. The van der Waals surface area contributed by atoms with Crippen molar-refractivity contribution in [3.8, 4) is 40.0 Å². The van der Waals surface area contributed by atoms with Gasteiger partial charge in [0.25, 0.3) is 0 Å². The number of methoxy groups -OCH3 is 3. The van der Waals surface area contributed by atoms with Gasteiger partial charge in [0.1, 0.15) is 29.9 Å². The van der Waals surface area contributed by atoms with Crippen molar-refractivity contribution in [3.63, 3.8) is 0 Å². The summed E-state index contributed by atoms with van der Waals surface area (Å²) in [5.74, 6) is 2.42. The molecule has 0 unspecified atom stereocenters. The van der Waals surface area contributed by atoms with Gasteiger partial charge in [-0.1, -0.05) is 43.3 Å². The maximum Gasteiger partial charge on any atom is 0.129 e. The van der Waals surface area contributed by atoms with Crippen LogP contribution in [0, 0.1) is 0 Å². The van der Waals surface area contributed by atoms with E-state index in [2.05, 4.69) is 65.0 Å². The minimum Gasteiger partial charge on any atom is -0.497 e. The predicted octanol–water partition coefficient (Wildman–Crippen LogP) is 10.2. The summed E-state index contributed by atoms with van der Waals surface area (Å²) < 4.78 is 15.9. The first-order valence-corrected chi connectivity index (χ1v) is 19.0. The van der Waals surface area contributed by atoms with Crippen LogP contribution in [-0.4, -0.2) is 61.2 Å². The minimum atomic E-state index is 0. The van der Waals surface area contributed by atoms with Crippen LogP contribution in [0.2, 0.25) is 0 Å². The third kappa shape index (κ3) is 15.8. The Morgan fingerprint density at radius 1 is 0.426 bits per heavy atom. The van der Waals surface area contributed by atoms with E-state index >= 15 is 0 Å². The summed E-state index contributed by atoms with van der Waals surface area (Å²) in [6.07, 6.45) is 22.4. The summed E-state index contributed by atoms with van der Waals surface area (Å²) in [4.78, 5) is 32.8. The van der Waals surface area contributed by atoms with Crippen molar-refractivity contribution < 1.29 is 33.7 Å². The van der Waals surface area contributed by atoms with E-state index in [0.717, 1.165) is 69.0 Å². The average Bonchev–Trinajstić information content (AvgIpc) is 3.35. The molecule has 0 aliphatic rings. The monoisotopic (exact) mass is 896 g/mol. The van der Waals surface area contributed by atoms with Crippen LogP contribution in [0.5, 0.6) is 17.2 Å². The van der Waals surface area contributed by atoms with Gasteiger partial charge in [0.15, 0.2) is 0 Å². The molecule has 6 heterocycles. The molecule has 0 spiro atoms.